The van der Waals surface area contributed by atoms with Crippen molar-refractivity contribution in [3.05, 3.63) is 30.1 Å². The summed E-state index contributed by atoms with van der Waals surface area (Å²) in [5.74, 6) is 0. The van der Waals surface area contributed by atoms with Crippen molar-refractivity contribution in [2.45, 2.75) is 19.0 Å². The molecule has 1 atom stereocenters. The summed E-state index contributed by atoms with van der Waals surface area (Å²) in [5.41, 5.74) is 1.09. The minimum atomic E-state index is -0.266. The first-order valence-corrected chi connectivity index (χ1v) is 4.65. The molecule has 78 valence electrons. The molecule has 4 nitrogen and oxygen atoms in total. The average molecular weight is 196 g/mol. The molecule has 4 heteroatoms. The van der Waals surface area contributed by atoms with Gasteiger partial charge in [0.05, 0.1) is 19.3 Å². The van der Waals surface area contributed by atoms with E-state index in [2.05, 4.69) is 10.3 Å². The average Bonchev–Trinajstić information content (AvgIpc) is 2.26. The van der Waals surface area contributed by atoms with Gasteiger partial charge in [-0.25, -0.2) is 0 Å². The third kappa shape index (κ3) is 3.06. The topological polar surface area (TPSA) is 65.4 Å². The number of nitrogens with zero attached hydrogens (tertiary/aromatic N) is 1. The van der Waals surface area contributed by atoms with Crippen LogP contribution in [0.3, 0.4) is 0 Å². The first-order chi connectivity index (χ1) is 6.77. The summed E-state index contributed by atoms with van der Waals surface area (Å²) in [6, 6.07) is 3.65. The predicted molar refractivity (Wildman–Crippen MR) is 53.7 cm³/mol. The molecule has 0 saturated heterocycles. The van der Waals surface area contributed by atoms with Gasteiger partial charge in [-0.1, -0.05) is 0 Å². The molecule has 1 aromatic heterocycles. The first-order valence-electron chi connectivity index (χ1n) is 4.65. The van der Waals surface area contributed by atoms with Gasteiger partial charge in [-0.05, 0) is 24.6 Å². The van der Waals surface area contributed by atoms with Crippen molar-refractivity contribution >= 4 is 0 Å². The van der Waals surface area contributed by atoms with Crippen molar-refractivity contribution in [1.29, 1.82) is 0 Å². The van der Waals surface area contributed by atoms with Crippen LogP contribution in [-0.4, -0.2) is 34.5 Å². The first kappa shape index (κ1) is 11.1. The summed E-state index contributed by atoms with van der Waals surface area (Å²) in [4.78, 5) is 3.92. The van der Waals surface area contributed by atoms with Crippen molar-refractivity contribution in [3.63, 3.8) is 0 Å². The molecule has 1 unspecified atom stereocenters. The largest absolute Gasteiger partial charge is 0.395 e. The Morgan fingerprint density at radius 3 is 2.36 bits per heavy atom. The number of pyridine rings is 1. The number of aromatic nitrogens is 1. The van der Waals surface area contributed by atoms with Crippen molar-refractivity contribution in [2.75, 3.05) is 13.2 Å². The van der Waals surface area contributed by atoms with E-state index in [1.54, 1.807) is 12.4 Å². The number of rotatable bonds is 5. The van der Waals surface area contributed by atoms with E-state index in [1.165, 1.54) is 0 Å². The summed E-state index contributed by atoms with van der Waals surface area (Å²) >= 11 is 0. The highest BCUT2D eigenvalue weighted by atomic mass is 16.3. The maximum Gasteiger partial charge on any atom is 0.0607 e. The van der Waals surface area contributed by atoms with Crippen LogP contribution < -0.4 is 5.32 Å². The summed E-state index contributed by atoms with van der Waals surface area (Å²) in [7, 11) is 0. The number of hydrogen-bond donors (Lipinski definition) is 3. The minimum Gasteiger partial charge on any atom is -0.395 e. The van der Waals surface area contributed by atoms with Gasteiger partial charge >= 0.3 is 0 Å². The fourth-order valence-electron chi connectivity index (χ4n) is 1.27. The molecule has 0 aromatic carbocycles. The lowest BCUT2D eigenvalue weighted by molar-refractivity contribution is 0.163. The quantitative estimate of drug-likeness (QED) is 0.624. The van der Waals surface area contributed by atoms with Crippen LogP contribution in [0.25, 0.3) is 0 Å². The molecule has 0 fully saturated rings. The predicted octanol–water partition coefficient (Wildman–Crippen LogP) is 0.0854. The number of nitrogens with one attached hydrogen (secondary N) is 1. The lowest BCUT2D eigenvalue weighted by atomic mass is 10.1. The minimum absolute atomic E-state index is 0.0636. The van der Waals surface area contributed by atoms with Crippen molar-refractivity contribution < 1.29 is 10.2 Å². The molecular weight excluding hydrogens is 180 g/mol. The van der Waals surface area contributed by atoms with Gasteiger partial charge in [0, 0.05) is 18.4 Å². The van der Waals surface area contributed by atoms with Gasteiger partial charge in [0.25, 0.3) is 0 Å². The van der Waals surface area contributed by atoms with Gasteiger partial charge in [-0.3, -0.25) is 4.98 Å². The molecule has 1 heterocycles. The Morgan fingerprint density at radius 1 is 1.29 bits per heavy atom. The Balaban J connectivity index is 2.54. The monoisotopic (exact) mass is 196 g/mol. The van der Waals surface area contributed by atoms with E-state index >= 15 is 0 Å². The molecule has 0 amide bonds. The normalized spacial score (nSPS) is 13.1. The van der Waals surface area contributed by atoms with E-state index in [1.807, 2.05) is 19.1 Å². The summed E-state index contributed by atoms with van der Waals surface area (Å²) < 4.78 is 0. The molecule has 1 aromatic rings. The van der Waals surface area contributed by atoms with E-state index < -0.39 is 0 Å². The Bertz CT molecular complexity index is 250. The van der Waals surface area contributed by atoms with Gasteiger partial charge in [-0.15, -0.1) is 0 Å². The highest BCUT2D eigenvalue weighted by Crippen LogP contribution is 2.10. The molecule has 0 aliphatic heterocycles. The van der Waals surface area contributed by atoms with E-state index in [0.717, 1.165) is 5.56 Å². The van der Waals surface area contributed by atoms with Crippen LogP contribution in [0.4, 0.5) is 0 Å². The Labute approximate surface area is 83.6 Å². The summed E-state index contributed by atoms with van der Waals surface area (Å²) in [6.07, 6.45) is 3.45. The van der Waals surface area contributed by atoms with Gasteiger partial charge in [0.2, 0.25) is 0 Å². The SMILES string of the molecule is CC(NC(CO)CO)c1ccncc1. The fraction of sp³-hybridized carbons (Fsp3) is 0.500. The van der Waals surface area contributed by atoms with Crippen molar-refractivity contribution in [2.24, 2.45) is 0 Å². The molecule has 0 saturated carbocycles. The molecular formula is C10H16N2O2. The highest BCUT2D eigenvalue weighted by Gasteiger charge is 2.10. The molecule has 14 heavy (non-hydrogen) atoms. The smallest absolute Gasteiger partial charge is 0.0607 e. The second-order valence-electron chi connectivity index (χ2n) is 3.23. The second-order valence-corrected chi connectivity index (χ2v) is 3.23. The maximum atomic E-state index is 8.89. The lowest BCUT2D eigenvalue weighted by Crippen LogP contribution is -2.37. The number of hydrogen-bond acceptors (Lipinski definition) is 4. The van der Waals surface area contributed by atoms with Crippen LogP contribution in [0.15, 0.2) is 24.5 Å². The highest BCUT2D eigenvalue weighted by molar-refractivity contribution is 5.14. The Kier molecular flexibility index (Phi) is 4.52. The Hall–Kier alpha value is -0.970. The maximum absolute atomic E-state index is 8.89. The van der Waals surface area contributed by atoms with E-state index in [4.69, 9.17) is 10.2 Å². The molecule has 0 aliphatic carbocycles. The Morgan fingerprint density at radius 2 is 1.86 bits per heavy atom. The molecule has 0 radical (unpaired) electrons. The van der Waals surface area contributed by atoms with E-state index in [9.17, 15) is 0 Å². The van der Waals surface area contributed by atoms with Crippen LogP contribution in [0.1, 0.15) is 18.5 Å². The van der Waals surface area contributed by atoms with Gasteiger partial charge in [0.1, 0.15) is 0 Å². The number of aliphatic hydroxyl groups is 2. The van der Waals surface area contributed by atoms with Gasteiger partial charge in [-0.2, -0.15) is 0 Å². The summed E-state index contributed by atoms with van der Waals surface area (Å²) in [6.45, 7) is 1.85. The molecule has 1 rings (SSSR count). The molecule has 3 N–H and O–H groups in total. The van der Waals surface area contributed by atoms with Crippen LogP contribution in [-0.2, 0) is 0 Å². The molecule has 0 spiro atoms. The third-order valence-electron chi connectivity index (χ3n) is 2.13. The fourth-order valence-corrected chi connectivity index (χ4v) is 1.27. The van der Waals surface area contributed by atoms with Gasteiger partial charge < -0.3 is 15.5 Å². The lowest BCUT2D eigenvalue weighted by Gasteiger charge is -2.19. The molecule has 0 aliphatic rings. The third-order valence-corrected chi connectivity index (χ3v) is 2.13. The van der Waals surface area contributed by atoms with Crippen LogP contribution in [0.5, 0.6) is 0 Å². The zero-order valence-corrected chi connectivity index (χ0v) is 8.22. The zero-order valence-electron chi connectivity index (χ0n) is 8.22. The van der Waals surface area contributed by atoms with Crippen molar-refractivity contribution in [1.82, 2.24) is 10.3 Å². The van der Waals surface area contributed by atoms with E-state index in [0.29, 0.717) is 0 Å². The second kappa shape index (κ2) is 5.70. The summed E-state index contributed by atoms with van der Waals surface area (Å²) in [5, 5.41) is 20.9. The van der Waals surface area contributed by atoms with E-state index in [-0.39, 0.29) is 25.3 Å². The standard InChI is InChI=1S/C10H16N2O2/c1-8(12-10(6-13)7-14)9-2-4-11-5-3-9/h2-5,8,10,12-14H,6-7H2,1H3. The van der Waals surface area contributed by atoms with Crippen LogP contribution >= 0.6 is 0 Å². The van der Waals surface area contributed by atoms with Gasteiger partial charge in [0.15, 0.2) is 0 Å². The number of aliphatic hydroxyl groups excluding tert-OH is 2. The zero-order chi connectivity index (χ0) is 10.4. The van der Waals surface area contributed by atoms with Crippen molar-refractivity contribution in [3.8, 4) is 0 Å². The van der Waals surface area contributed by atoms with Crippen LogP contribution in [0, 0.1) is 0 Å². The van der Waals surface area contributed by atoms with Crippen LogP contribution in [0.2, 0.25) is 0 Å². The molecule has 0 bridgehead atoms.